The molecule has 2 aliphatic rings. The smallest absolute Gasteiger partial charge is 0.131 e. The maximum Gasteiger partial charge on any atom is 0.131 e. The molecule has 3 rings (SSSR count). The quantitative estimate of drug-likeness (QED) is 0.916. The van der Waals surface area contributed by atoms with Crippen LogP contribution in [-0.4, -0.2) is 63.0 Å². The lowest BCUT2D eigenvalue weighted by atomic mass is 9.99. The molecule has 2 aliphatic heterocycles. The molecular weight excluding hydrogens is 312 g/mol. The third kappa shape index (κ3) is 3.90. The number of hydrogen-bond donors (Lipinski definition) is 1. The van der Waals surface area contributed by atoms with Crippen LogP contribution in [-0.2, 0) is 13.6 Å². The average Bonchev–Trinajstić information content (AvgIpc) is 2.75. The van der Waals surface area contributed by atoms with Crippen LogP contribution in [0.2, 0.25) is 5.15 Å². The highest BCUT2D eigenvalue weighted by molar-refractivity contribution is 6.30. The second-order valence-corrected chi connectivity index (χ2v) is 7.45. The van der Waals surface area contributed by atoms with Crippen molar-refractivity contribution in [1.29, 1.82) is 0 Å². The number of aliphatic hydroxyl groups excluding tert-OH is 1. The fraction of sp³-hybridized carbons (Fsp3) is 0.824. The number of aryl methyl sites for hydroxylation is 2. The average molecular weight is 341 g/mol. The van der Waals surface area contributed by atoms with Crippen molar-refractivity contribution in [2.75, 3.05) is 26.2 Å². The summed E-state index contributed by atoms with van der Waals surface area (Å²) < 4.78 is 1.73. The summed E-state index contributed by atoms with van der Waals surface area (Å²) in [4.78, 5) is 4.84. The Morgan fingerprint density at radius 3 is 2.43 bits per heavy atom. The first kappa shape index (κ1) is 17.2. The summed E-state index contributed by atoms with van der Waals surface area (Å²) in [6.07, 6.45) is 6.00. The van der Waals surface area contributed by atoms with Crippen LogP contribution >= 0.6 is 11.6 Å². The molecule has 0 amide bonds. The zero-order valence-electron chi connectivity index (χ0n) is 14.3. The molecule has 5 nitrogen and oxygen atoms in total. The van der Waals surface area contributed by atoms with E-state index in [0.717, 1.165) is 50.4 Å². The van der Waals surface area contributed by atoms with Crippen LogP contribution in [0, 0.1) is 6.92 Å². The standard InChI is InChI=1S/C17H29ClN4O/c1-13-14(17(18)20(2)19-13)11-21-10-7-15(16(23)12-21)22-8-5-3-4-6-9-22/h15-16,23H,3-12H2,1-2H3/t15-,16-/m1/s1. The van der Waals surface area contributed by atoms with Gasteiger partial charge in [-0.3, -0.25) is 14.5 Å². The topological polar surface area (TPSA) is 44.5 Å². The molecular formula is C17H29ClN4O. The Labute approximate surface area is 144 Å². The van der Waals surface area contributed by atoms with E-state index in [0.29, 0.717) is 11.2 Å². The maximum absolute atomic E-state index is 10.7. The molecule has 3 heterocycles. The summed E-state index contributed by atoms with van der Waals surface area (Å²) in [5.41, 5.74) is 2.08. The molecule has 0 aliphatic carbocycles. The summed E-state index contributed by atoms with van der Waals surface area (Å²) in [6, 6.07) is 0.329. The Morgan fingerprint density at radius 2 is 1.87 bits per heavy atom. The summed E-state index contributed by atoms with van der Waals surface area (Å²) >= 11 is 6.34. The number of piperidine rings is 1. The van der Waals surface area contributed by atoms with Crippen molar-refractivity contribution in [3.05, 3.63) is 16.4 Å². The van der Waals surface area contributed by atoms with E-state index in [9.17, 15) is 5.11 Å². The number of hydrogen-bond acceptors (Lipinski definition) is 4. The van der Waals surface area contributed by atoms with E-state index in [1.807, 2.05) is 14.0 Å². The van der Waals surface area contributed by atoms with Crippen LogP contribution in [0.4, 0.5) is 0 Å². The highest BCUT2D eigenvalue weighted by Gasteiger charge is 2.32. The largest absolute Gasteiger partial charge is 0.390 e. The molecule has 0 radical (unpaired) electrons. The van der Waals surface area contributed by atoms with Gasteiger partial charge in [-0.15, -0.1) is 0 Å². The van der Waals surface area contributed by atoms with Gasteiger partial charge >= 0.3 is 0 Å². The molecule has 1 N–H and O–H groups in total. The van der Waals surface area contributed by atoms with Crippen molar-refractivity contribution in [2.45, 2.75) is 57.7 Å². The number of aromatic nitrogens is 2. The molecule has 0 saturated carbocycles. The molecule has 1 aromatic heterocycles. The summed E-state index contributed by atoms with van der Waals surface area (Å²) in [7, 11) is 1.87. The third-order valence-electron chi connectivity index (χ3n) is 5.39. The molecule has 0 bridgehead atoms. The predicted molar refractivity (Wildman–Crippen MR) is 92.7 cm³/mol. The summed E-state index contributed by atoms with van der Waals surface area (Å²) in [5.74, 6) is 0. The van der Waals surface area contributed by atoms with Gasteiger partial charge in [-0.1, -0.05) is 24.4 Å². The van der Waals surface area contributed by atoms with Gasteiger partial charge in [0.05, 0.1) is 11.8 Å². The zero-order valence-corrected chi connectivity index (χ0v) is 15.1. The van der Waals surface area contributed by atoms with E-state index in [1.54, 1.807) is 4.68 Å². The lowest BCUT2D eigenvalue weighted by Crippen LogP contribution is -2.54. The number of likely N-dealkylation sites (tertiary alicyclic amines) is 2. The van der Waals surface area contributed by atoms with Gasteiger partial charge in [-0.2, -0.15) is 5.10 Å². The predicted octanol–water partition coefficient (Wildman–Crippen LogP) is 2.19. The number of halogens is 1. The molecule has 23 heavy (non-hydrogen) atoms. The van der Waals surface area contributed by atoms with Gasteiger partial charge < -0.3 is 5.11 Å². The summed E-state index contributed by atoms with van der Waals surface area (Å²) in [5, 5.41) is 15.8. The number of aliphatic hydroxyl groups is 1. The first-order valence-corrected chi connectivity index (χ1v) is 9.26. The van der Waals surface area contributed by atoms with E-state index < -0.39 is 0 Å². The number of nitrogens with zero attached hydrogens (tertiary/aromatic N) is 4. The Kier molecular flexibility index (Phi) is 5.62. The van der Waals surface area contributed by atoms with Crippen molar-refractivity contribution in [2.24, 2.45) is 7.05 Å². The first-order chi connectivity index (χ1) is 11.1. The van der Waals surface area contributed by atoms with Crippen molar-refractivity contribution in [3.63, 3.8) is 0 Å². The zero-order chi connectivity index (χ0) is 16.4. The Balaban J connectivity index is 1.59. The van der Waals surface area contributed by atoms with Crippen molar-refractivity contribution in [1.82, 2.24) is 19.6 Å². The van der Waals surface area contributed by atoms with Crippen LogP contribution < -0.4 is 0 Å². The third-order valence-corrected chi connectivity index (χ3v) is 5.86. The number of rotatable bonds is 3. The highest BCUT2D eigenvalue weighted by atomic mass is 35.5. The fourth-order valence-electron chi connectivity index (χ4n) is 4.06. The Bertz CT molecular complexity index is 525. The molecule has 2 atom stereocenters. The molecule has 2 fully saturated rings. The Morgan fingerprint density at radius 1 is 1.17 bits per heavy atom. The van der Waals surface area contributed by atoms with E-state index in [1.165, 1.54) is 25.7 Å². The van der Waals surface area contributed by atoms with Crippen LogP contribution in [0.1, 0.15) is 43.4 Å². The second kappa shape index (κ2) is 7.51. The molecule has 0 unspecified atom stereocenters. The normalized spacial score (nSPS) is 28.0. The molecule has 0 aromatic carbocycles. The van der Waals surface area contributed by atoms with Gasteiger partial charge in [0.1, 0.15) is 5.15 Å². The first-order valence-electron chi connectivity index (χ1n) is 8.88. The molecule has 130 valence electrons. The highest BCUT2D eigenvalue weighted by Crippen LogP contribution is 2.25. The molecule has 6 heteroatoms. The van der Waals surface area contributed by atoms with Crippen LogP contribution in [0.5, 0.6) is 0 Å². The van der Waals surface area contributed by atoms with E-state index in [2.05, 4.69) is 14.9 Å². The van der Waals surface area contributed by atoms with Crippen LogP contribution in [0.15, 0.2) is 0 Å². The summed E-state index contributed by atoms with van der Waals surface area (Å²) in [6.45, 7) is 6.82. The minimum atomic E-state index is -0.266. The molecule has 1 aromatic rings. The fourth-order valence-corrected chi connectivity index (χ4v) is 4.29. The second-order valence-electron chi connectivity index (χ2n) is 7.09. The molecule has 0 spiro atoms. The van der Waals surface area contributed by atoms with E-state index in [-0.39, 0.29) is 6.10 Å². The maximum atomic E-state index is 10.7. The van der Waals surface area contributed by atoms with Crippen molar-refractivity contribution < 1.29 is 5.11 Å². The number of β-amino-alcohol motifs (C(OH)–C–C–N with tert-alkyl or cyclic N) is 1. The monoisotopic (exact) mass is 340 g/mol. The van der Waals surface area contributed by atoms with Gasteiger partial charge in [-0.05, 0) is 39.3 Å². The lowest BCUT2D eigenvalue weighted by molar-refractivity contribution is -0.0144. The van der Waals surface area contributed by atoms with E-state index in [4.69, 9.17) is 11.6 Å². The van der Waals surface area contributed by atoms with Crippen LogP contribution in [0.3, 0.4) is 0 Å². The SMILES string of the molecule is Cc1nn(C)c(Cl)c1CN1CC[C@@H](N2CCCCCC2)[C@H](O)C1. The van der Waals surface area contributed by atoms with Gasteiger partial charge in [0.25, 0.3) is 0 Å². The van der Waals surface area contributed by atoms with Crippen LogP contribution in [0.25, 0.3) is 0 Å². The van der Waals surface area contributed by atoms with Gasteiger partial charge in [0, 0.05) is 38.3 Å². The lowest BCUT2D eigenvalue weighted by Gasteiger charge is -2.41. The minimum absolute atomic E-state index is 0.266. The van der Waals surface area contributed by atoms with Crippen molar-refractivity contribution in [3.8, 4) is 0 Å². The van der Waals surface area contributed by atoms with Gasteiger partial charge in [0.15, 0.2) is 0 Å². The van der Waals surface area contributed by atoms with Gasteiger partial charge in [0.2, 0.25) is 0 Å². The molecule has 2 saturated heterocycles. The minimum Gasteiger partial charge on any atom is -0.390 e. The van der Waals surface area contributed by atoms with E-state index >= 15 is 0 Å². The van der Waals surface area contributed by atoms with Gasteiger partial charge in [-0.25, -0.2) is 0 Å². The Hall–Kier alpha value is -0.620. The van der Waals surface area contributed by atoms with Crippen molar-refractivity contribution >= 4 is 11.6 Å².